The Hall–Kier alpha value is -11.2. The molecule has 4 saturated heterocycles. The maximum atomic E-state index is 13.2. The van der Waals surface area contributed by atoms with E-state index in [4.69, 9.17) is 43.8 Å². The van der Waals surface area contributed by atoms with Crippen molar-refractivity contribution in [2.24, 2.45) is 7.05 Å². The smallest absolute Gasteiger partial charge is 0.258 e. The first-order valence-corrected chi connectivity index (χ1v) is 37.9. The Morgan fingerprint density at radius 3 is 1.33 bits per heavy atom. The Morgan fingerprint density at radius 1 is 0.562 bits per heavy atom. The second kappa shape index (κ2) is 28.8. The van der Waals surface area contributed by atoms with Gasteiger partial charge in [-0.1, -0.05) is 73.1 Å². The lowest BCUT2D eigenvalue weighted by Crippen LogP contribution is -2.44. The molecule has 0 saturated carbocycles. The van der Waals surface area contributed by atoms with Crippen molar-refractivity contribution in [3.8, 4) is 34.2 Å². The minimum Gasteiger partial charge on any atom is -0.382 e. The number of H-pyrrole nitrogens is 3. The summed E-state index contributed by atoms with van der Waals surface area (Å²) in [5.41, 5.74) is 31.6. The highest BCUT2D eigenvalue weighted by molar-refractivity contribution is 8.00. The second-order valence-electron chi connectivity index (χ2n) is 27.0. The zero-order valence-electron chi connectivity index (χ0n) is 58.2. The van der Waals surface area contributed by atoms with E-state index < -0.39 is 0 Å². The van der Waals surface area contributed by atoms with E-state index in [9.17, 15) is 19.2 Å². The van der Waals surface area contributed by atoms with Gasteiger partial charge in [-0.3, -0.25) is 37.1 Å². The molecule has 25 nitrogen and oxygen atoms in total. The third-order valence-corrected chi connectivity index (χ3v) is 22.9. The van der Waals surface area contributed by atoms with Crippen LogP contribution in [0.3, 0.4) is 0 Å². The van der Waals surface area contributed by atoms with E-state index in [1.807, 2.05) is 122 Å². The number of nitrogens with one attached hydrogen (secondary N) is 3. The maximum Gasteiger partial charge on any atom is 0.258 e. The van der Waals surface area contributed by atoms with Gasteiger partial charge in [0.1, 0.15) is 80.3 Å². The predicted octanol–water partition coefficient (Wildman–Crippen LogP) is 12.5. The average Bonchev–Trinajstić information content (AvgIpc) is 1.61. The number of nitrogen functional groups attached to an aromatic ring is 3. The van der Waals surface area contributed by atoms with Gasteiger partial charge < -0.3 is 51.8 Å². The molecule has 0 atom stereocenters. The number of nitrogens with zero attached hydrogens (tertiary/aromatic N) is 15. The highest BCUT2D eigenvalue weighted by Crippen LogP contribution is 2.40. The van der Waals surface area contributed by atoms with Crippen LogP contribution in [-0.2, 0) is 16.6 Å². The summed E-state index contributed by atoms with van der Waals surface area (Å²) in [6.45, 7) is 8.05. The lowest BCUT2D eigenvalue weighted by molar-refractivity contribution is -0.138. The largest absolute Gasteiger partial charge is 0.382 e. The number of rotatable bonds is 12. The minimum atomic E-state index is -0.0702. The van der Waals surface area contributed by atoms with Crippen LogP contribution in [0.25, 0.3) is 83.4 Å². The van der Waals surface area contributed by atoms with Gasteiger partial charge in [-0.15, -0.1) is 23.5 Å². The van der Waals surface area contributed by atoms with Gasteiger partial charge in [0.2, 0.25) is 11.8 Å². The number of fused-ring (bicyclic) bond motifs is 6. The molecule has 0 bridgehead atoms. The summed E-state index contributed by atoms with van der Waals surface area (Å²) < 4.78 is 7.71. The molecule has 0 radical (unpaired) electrons. The summed E-state index contributed by atoms with van der Waals surface area (Å²) in [6.07, 6.45) is 15.8. The number of aromatic amines is 3. The number of benzene rings is 4. The number of amides is 4. The fraction of sp³-hybridized carbons (Fsp3) is 0.286. The van der Waals surface area contributed by atoms with Crippen molar-refractivity contribution in [3.05, 3.63) is 192 Å². The number of halogens is 1. The van der Waals surface area contributed by atoms with E-state index in [2.05, 4.69) is 88.8 Å². The average molecular weight is 1460 g/mol. The van der Waals surface area contributed by atoms with Crippen LogP contribution in [0.1, 0.15) is 107 Å². The lowest BCUT2D eigenvalue weighted by Gasteiger charge is -2.32. The SMILES string of the molecule is CCSc1ccc(C(=O)N2CCC(c3nc(-c4cc5ccccc5[nH]4)c4c(N)nccn34)CC2)cc1.Cc1nn(C)c(Cl)c1C(=O)N1CCC(c2nc(-c3cc4ccccc4[nH]3)c3c(N)nccn23)CC1.Nc1nccn2c(C3CCN(C(=O)CN4CSCC4=O)CC3)nc(-c3cc4ccccc4[nH]3)c12. The first kappa shape index (κ1) is 68.3. The molecule has 0 aliphatic carbocycles. The number of aromatic nitrogens is 14. The number of thioether (sulfide) groups is 2. The van der Waals surface area contributed by atoms with Gasteiger partial charge in [0, 0.05) is 144 Å². The molecular formula is C77H78ClN21O4S2. The first-order valence-electron chi connectivity index (χ1n) is 35.4. The first-order chi connectivity index (χ1) is 51.1. The van der Waals surface area contributed by atoms with Crippen LogP contribution in [-0.4, -0.2) is 174 Å². The Morgan fingerprint density at radius 2 is 0.962 bits per heavy atom. The van der Waals surface area contributed by atoms with Crippen molar-refractivity contribution in [1.82, 2.24) is 87.4 Å². The Balaban J connectivity index is 0.000000121. The number of piperidine rings is 3. The standard InChI is InChI=1S/C28H28N6OS.C25H25ClN8O.C24H25N7O2S/c1-2-36-21-9-7-19(8-10-21)28(35)33-14-11-18(12-15-33)27-32-24(25-26(29)30-13-16-34(25)27)23-17-20-5-3-4-6-22(20)31-23;1-14-19(22(26)32(2)31-14)25(35)33-10-7-15(8-11-33)24-30-20(21-23(27)28-9-12-34(21)24)18-13-16-5-3-4-6-17(16)29-18;25-23-22-21(18-11-16-3-1-2-4-17(16)27-18)28-24(31(22)10-7-26-23)15-5-8-29(9-6-15)19(32)12-30-14-34-13-20(30)33/h3-10,13,16-18,31H,2,11-12,14-15H2,1H3,(H2,29,30);3-6,9,12-13,15,29H,7-8,10-11H2,1-2H3,(H2,27,28);1-4,7,10-11,15,27H,5-6,8-9,12-14H2,(H2,25,26). The molecule has 28 heteroatoms. The van der Waals surface area contributed by atoms with Gasteiger partial charge in [-0.25, -0.2) is 29.9 Å². The molecule has 4 aliphatic rings. The summed E-state index contributed by atoms with van der Waals surface area (Å²) >= 11 is 9.68. The molecule has 10 aromatic heterocycles. The lowest BCUT2D eigenvalue weighted by atomic mass is 9.95. The monoisotopic (exact) mass is 1460 g/mol. The van der Waals surface area contributed by atoms with E-state index in [1.165, 1.54) is 9.58 Å². The molecule has 0 unspecified atom stereocenters. The van der Waals surface area contributed by atoms with Crippen LogP contribution in [0.5, 0.6) is 0 Å². The molecule has 14 aromatic rings. The molecule has 4 aliphatic heterocycles. The minimum absolute atomic E-state index is 0.0227. The normalized spacial score (nSPS) is 15.6. The number of aryl methyl sites for hydroxylation is 2. The van der Waals surface area contributed by atoms with Crippen molar-refractivity contribution < 1.29 is 19.2 Å². The number of carbonyl (C=O) groups is 4. The van der Waals surface area contributed by atoms with Crippen molar-refractivity contribution in [2.75, 3.05) is 80.4 Å². The van der Waals surface area contributed by atoms with Crippen molar-refractivity contribution in [2.45, 2.75) is 75.0 Å². The van der Waals surface area contributed by atoms with Crippen LogP contribution in [0.4, 0.5) is 17.5 Å². The van der Waals surface area contributed by atoms with Gasteiger partial charge in [-0.05, 0) is 112 Å². The third-order valence-electron chi connectivity index (χ3n) is 20.6. The van der Waals surface area contributed by atoms with E-state index in [0.29, 0.717) is 84.8 Å². The van der Waals surface area contributed by atoms with Crippen LogP contribution < -0.4 is 17.2 Å². The fourth-order valence-electron chi connectivity index (χ4n) is 15.2. The number of hydrogen-bond donors (Lipinski definition) is 6. The van der Waals surface area contributed by atoms with Gasteiger partial charge >= 0.3 is 0 Å². The summed E-state index contributed by atoms with van der Waals surface area (Å²) in [5, 5.41) is 8.02. The number of imidazole rings is 3. The van der Waals surface area contributed by atoms with Crippen molar-refractivity contribution in [1.29, 1.82) is 0 Å². The van der Waals surface area contributed by atoms with Crippen LogP contribution in [0.2, 0.25) is 5.15 Å². The van der Waals surface area contributed by atoms with E-state index in [-0.39, 0.29) is 47.9 Å². The van der Waals surface area contributed by atoms with Crippen molar-refractivity contribution in [3.63, 3.8) is 0 Å². The Bertz CT molecular complexity index is 5530. The number of para-hydroxylation sites is 3. The number of nitrogens with two attached hydrogens (primary N) is 3. The number of anilines is 3. The molecule has 4 amide bonds. The van der Waals surface area contributed by atoms with Gasteiger partial charge in [0.15, 0.2) is 0 Å². The van der Waals surface area contributed by atoms with Gasteiger partial charge in [0.05, 0.1) is 40.0 Å². The molecule has 534 valence electrons. The summed E-state index contributed by atoms with van der Waals surface area (Å²) in [4.78, 5) is 98.0. The topological polar surface area (TPSA) is 315 Å². The summed E-state index contributed by atoms with van der Waals surface area (Å²) in [5.74, 6) is 6.98. The molecule has 14 heterocycles. The number of carbonyl (C=O) groups excluding carboxylic acids is 4. The molecule has 105 heavy (non-hydrogen) atoms. The fourth-order valence-corrected chi connectivity index (χ4v) is 17.1. The van der Waals surface area contributed by atoms with Crippen molar-refractivity contribution >= 4 is 125 Å². The van der Waals surface area contributed by atoms with Gasteiger partial charge in [0.25, 0.3) is 11.8 Å². The molecule has 18 rings (SSSR count). The zero-order chi connectivity index (χ0) is 72.1. The zero-order valence-corrected chi connectivity index (χ0v) is 60.6. The molecule has 0 spiro atoms. The molecular weight excluding hydrogens is 1380 g/mol. The van der Waals surface area contributed by atoms with Crippen LogP contribution in [0, 0.1) is 6.92 Å². The Kier molecular flexibility index (Phi) is 18.7. The molecule has 9 N–H and O–H groups in total. The van der Waals surface area contributed by atoms with Crippen LogP contribution in [0.15, 0.2) is 157 Å². The predicted molar refractivity (Wildman–Crippen MR) is 413 cm³/mol. The second-order valence-corrected chi connectivity index (χ2v) is 29.7. The highest BCUT2D eigenvalue weighted by atomic mass is 35.5. The third kappa shape index (κ3) is 13.2. The Labute approximate surface area is 617 Å². The molecule has 4 fully saturated rings. The van der Waals surface area contributed by atoms with Crippen LogP contribution >= 0.6 is 35.1 Å². The van der Waals surface area contributed by atoms with E-state index >= 15 is 0 Å². The number of likely N-dealkylation sites (tertiary alicyclic amines) is 3. The maximum absolute atomic E-state index is 13.2. The van der Waals surface area contributed by atoms with E-state index in [1.54, 1.807) is 54.1 Å². The highest BCUT2D eigenvalue weighted by Gasteiger charge is 2.35. The summed E-state index contributed by atoms with van der Waals surface area (Å²) in [6, 6.07) is 38.7. The molecule has 4 aromatic carbocycles. The number of hydrogen-bond acceptors (Lipinski definition) is 16. The quantitative estimate of drug-likeness (QED) is 0.0619. The van der Waals surface area contributed by atoms with Gasteiger partial charge in [-0.2, -0.15) is 5.10 Å². The summed E-state index contributed by atoms with van der Waals surface area (Å²) in [7, 11) is 1.74. The van der Waals surface area contributed by atoms with E-state index in [0.717, 1.165) is 151 Å².